The van der Waals surface area contributed by atoms with Gasteiger partial charge in [-0.05, 0) is 43.5 Å². The first kappa shape index (κ1) is 12.9. The van der Waals surface area contributed by atoms with Gasteiger partial charge in [0.25, 0.3) is 0 Å². The summed E-state index contributed by atoms with van der Waals surface area (Å²) >= 11 is 0. The molecule has 0 unspecified atom stereocenters. The SMILES string of the molecule is COc1ccc(CN(C)CC2CCC2)cc1C#N. The molecular weight excluding hydrogens is 224 g/mol. The van der Waals surface area contributed by atoms with E-state index in [0.29, 0.717) is 11.3 Å². The van der Waals surface area contributed by atoms with E-state index in [1.165, 1.54) is 24.8 Å². The quantitative estimate of drug-likeness (QED) is 0.799. The molecule has 1 fully saturated rings. The summed E-state index contributed by atoms with van der Waals surface area (Å²) in [5, 5.41) is 9.06. The summed E-state index contributed by atoms with van der Waals surface area (Å²) in [6, 6.07) is 8.03. The zero-order valence-corrected chi connectivity index (χ0v) is 11.1. The van der Waals surface area contributed by atoms with E-state index < -0.39 is 0 Å². The van der Waals surface area contributed by atoms with Crippen LogP contribution in [0.25, 0.3) is 0 Å². The number of methoxy groups -OCH3 is 1. The van der Waals surface area contributed by atoms with Crippen molar-refractivity contribution in [2.75, 3.05) is 20.7 Å². The Balaban J connectivity index is 1.98. The third-order valence-corrected chi connectivity index (χ3v) is 3.63. The van der Waals surface area contributed by atoms with Gasteiger partial charge in [0.15, 0.2) is 0 Å². The molecule has 0 spiro atoms. The van der Waals surface area contributed by atoms with Crippen molar-refractivity contribution in [3.05, 3.63) is 29.3 Å². The standard InChI is InChI=1S/C15H20N2O/c1-17(10-12-4-3-5-12)11-13-6-7-15(18-2)14(8-13)9-16/h6-8,12H,3-5,10-11H2,1-2H3. The smallest absolute Gasteiger partial charge is 0.136 e. The van der Waals surface area contributed by atoms with Crippen LogP contribution in [-0.4, -0.2) is 25.6 Å². The molecule has 0 heterocycles. The predicted octanol–water partition coefficient (Wildman–Crippen LogP) is 2.80. The fourth-order valence-electron chi connectivity index (χ4n) is 2.43. The van der Waals surface area contributed by atoms with Crippen molar-refractivity contribution in [3.8, 4) is 11.8 Å². The van der Waals surface area contributed by atoms with E-state index >= 15 is 0 Å². The summed E-state index contributed by atoms with van der Waals surface area (Å²) in [6.07, 6.45) is 4.13. The normalized spacial score (nSPS) is 15.2. The molecule has 3 nitrogen and oxygen atoms in total. The molecule has 0 saturated heterocycles. The number of ether oxygens (including phenoxy) is 1. The Labute approximate surface area is 109 Å². The predicted molar refractivity (Wildman–Crippen MR) is 71.4 cm³/mol. The topological polar surface area (TPSA) is 36.3 Å². The fraction of sp³-hybridized carbons (Fsp3) is 0.533. The number of nitrogens with zero attached hydrogens (tertiary/aromatic N) is 2. The molecular formula is C15H20N2O. The molecule has 1 aromatic carbocycles. The summed E-state index contributed by atoms with van der Waals surface area (Å²) in [4.78, 5) is 2.34. The van der Waals surface area contributed by atoms with Crippen LogP contribution in [0.3, 0.4) is 0 Å². The summed E-state index contributed by atoms with van der Waals surface area (Å²) in [5.41, 5.74) is 1.79. The number of rotatable bonds is 5. The van der Waals surface area contributed by atoms with Crippen LogP contribution >= 0.6 is 0 Å². The van der Waals surface area contributed by atoms with Crippen LogP contribution in [0.15, 0.2) is 18.2 Å². The highest BCUT2D eigenvalue weighted by Crippen LogP contribution is 2.27. The Kier molecular flexibility index (Phi) is 4.22. The van der Waals surface area contributed by atoms with E-state index in [4.69, 9.17) is 10.00 Å². The van der Waals surface area contributed by atoms with Crippen molar-refractivity contribution in [2.45, 2.75) is 25.8 Å². The zero-order chi connectivity index (χ0) is 13.0. The second-order valence-electron chi connectivity index (χ2n) is 5.14. The monoisotopic (exact) mass is 244 g/mol. The minimum absolute atomic E-state index is 0.618. The second-order valence-corrected chi connectivity index (χ2v) is 5.14. The van der Waals surface area contributed by atoms with Crippen molar-refractivity contribution in [2.24, 2.45) is 5.92 Å². The van der Waals surface area contributed by atoms with Crippen molar-refractivity contribution in [1.29, 1.82) is 5.26 Å². The van der Waals surface area contributed by atoms with Crippen LogP contribution in [0.4, 0.5) is 0 Å². The lowest BCUT2D eigenvalue weighted by Gasteiger charge is -2.30. The molecule has 1 saturated carbocycles. The van der Waals surface area contributed by atoms with E-state index in [1.807, 2.05) is 18.2 Å². The molecule has 0 aliphatic heterocycles. The van der Waals surface area contributed by atoms with Gasteiger partial charge in [-0.15, -0.1) is 0 Å². The lowest BCUT2D eigenvalue weighted by molar-refractivity contribution is 0.200. The first-order valence-electron chi connectivity index (χ1n) is 6.48. The first-order chi connectivity index (χ1) is 8.72. The second kappa shape index (κ2) is 5.88. The van der Waals surface area contributed by atoms with E-state index in [-0.39, 0.29) is 0 Å². The molecule has 3 heteroatoms. The molecule has 0 N–H and O–H groups in total. The number of hydrogen-bond acceptors (Lipinski definition) is 3. The minimum Gasteiger partial charge on any atom is -0.495 e. The molecule has 18 heavy (non-hydrogen) atoms. The Morgan fingerprint density at radius 2 is 2.22 bits per heavy atom. The molecule has 0 atom stereocenters. The summed E-state index contributed by atoms with van der Waals surface area (Å²) < 4.78 is 5.15. The van der Waals surface area contributed by atoms with Crippen molar-refractivity contribution in [1.82, 2.24) is 4.90 Å². The average Bonchev–Trinajstić information content (AvgIpc) is 2.33. The number of nitriles is 1. The first-order valence-corrected chi connectivity index (χ1v) is 6.48. The Hall–Kier alpha value is -1.53. The van der Waals surface area contributed by atoms with Gasteiger partial charge in [0, 0.05) is 13.1 Å². The highest BCUT2D eigenvalue weighted by molar-refractivity contribution is 5.45. The number of hydrogen-bond donors (Lipinski definition) is 0. The van der Waals surface area contributed by atoms with Gasteiger partial charge in [0.1, 0.15) is 11.8 Å². The molecule has 1 aromatic rings. The Morgan fingerprint density at radius 1 is 1.44 bits per heavy atom. The van der Waals surface area contributed by atoms with Crippen LogP contribution < -0.4 is 4.74 Å². The van der Waals surface area contributed by atoms with Crippen LogP contribution in [0.1, 0.15) is 30.4 Å². The molecule has 0 radical (unpaired) electrons. The molecule has 0 bridgehead atoms. The molecule has 96 valence electrons. The highest BCUT2D eigenvalue weighted by atomic mass is 16.5. The molecule has 2 rings (SSSR count). The largest absolute Gasteiger partial charge is 0.495 e. The Morgan fingerprint density at radius 3 is 2.78 bits per heavy atom. The van der Waals surface area contributed by atoms with Crippen LogP contribution in [0.5, 0.6) is 5.75 Å². The summed E-state index contributed by atoms with van der Waals surface area (Å²) in [5.74, 6) is 1.53. The van der Waals surface area contributed by atoms with Crippen molar-refractivity contribution >= 4 is 0 Å². The minimum atomic E-state index is 0.618. The van der Waals surface area contributed by atoms with Crippen LogP contribution in [-0.2, 0) is 6.54 Å². The van der Waals surface area contributed by atoms with Gasteiger partial charge in [-0.2, -0.15) is 5.26 Å². The van der Waals surface area contributed by atoms with E-state index in [0.717, 1.165) is 19.0 Å². The van der Waals surface area contributed by atoms with Gasteiger partial charge >= 0.3 is 0 Å². The summed E-state index contributed by atoms with van der Waals surface area (Å²) in [7, 11) is 3.74. The average molecular weight is 244 g/mol. The third kappa shape index (κ3) is 3.02. The van der Waals surface area contributed by atoms with Gasteiger partial charge < -0.3 is 9.64 Å². The fourth-order valence-corrected chi connectivity index (χ4v) is 2.43. The van der Waals surface area contributed by atoms with Crippen LogP contribution in [0.2, 0.25) is 0 Å². The van der Waals surface area contributed by atoms with Crippen molar-refractivity contribution in [3.63, 3.8) is 0 Å². The Bertz CT molecular complexity index is 446. The number of benzene rings is 1. The molecule has 0 aromatic heterocycles. The van der Waals surface area contributed by atoms with Gasteiger partial charge in [-0.1, -0.05) is 12.5 Å². The molecule has 1 aliphatic rings. The lowest BCUT2D eigenvalue weighted by Crippen LogP contribution is -2.29. The highest BCUT2D eigenvalue weighted by Gasteiger charge is 2.19. The maximum Gasteiger partial charge on any atom is 0.136 e. The van der Waals surface area contributed by atoms with Gasteiger partial charge in [-0.25, -0.2) is 0 Å². The lowest BCUT2D eigenvalue weighted by atomic mass is 9.85. The van der Waals surface area contributed by atoms with E-state index in [2.05, 4.69) is 18.0 Å². The van der Waals surface area contributed by atoms with Crippen molar-refractivity contribution < 1.29 is 4.74 Å². The van der Waals surface area contributed by atoms with Crippen LogP contribution in [0, 0.1) is 17.2 Å². The maximum absolute atomic E-state index is 9.06. The summed E-state index contributed by atoms with van der Waals surface area (Å²) in [6.45, 7) is 2.06. The maximum atomic E-state index is 9.06. The third-order valence-electron chi connectivity index (χ3n) is 3.63. The van der Waals surface area contributed by atoms with E-state index in [1.54, 1.807) is 7.11 Å². The van der Waals surface area contributed by atoms with E-state index in [9.17, 15) is 0 Å². The molecule has 1 aliphatic carbocycles. The van der Waals surface area contributed by atoms with Gasteiger partial charge in [-0.3, -0.25) is 0 Å². The zero-order valence-electron chi connectivity index (χ0n) is 11.1. The van der Waals surface area contributed by atoms with Gasteiger partial charge in [0.05, 0.1) is 12.7 Å². The van der Waals surface area contributed by atoms with Gasteiger partial charge in [0.2, 0.25) is 0 Å². The molecule has 0 amide bonds.